The zero-order valence-electron chi connectivity index (χ0n) is 29.7. The molecule has 0 spiro atoms. The first-order chi connectivity index (χ1) is 25.7. The molecule has 7 rings (SSSR count). The highest BCUT2D eigenvalue weighted by Gasteiger charge is 2.23. The molecule has 1 saturated heterocycles. The molecule has 3 aromatic carbocycles. The van der Waals surface area contributed by atoms with Gasteiger partial charge in [-0.1, -0.05) is 54.6 Å². The number of imidazole rings is 1. The lowest BCUT2D eigenvalue weighted by Crippen LogP contribution is -2.37. The number of para-hydroxylation sites is 2. The Hall–Kier alpha value is -4.81. The summed E-state index contributed by atoms with van der Waals surface area (Å²) in [7, 11) is 0. The maximum absolute atomic E-state index is 12.5. The van der Waals surface area contributed by atoms with Gasteiger partial charge in [-0.15, -0.1) is 0 Å². The van der Waals surface area contributed by atoms with Gasteiger partial charge in [0.2, 0.25) is 11.7 Å². The Morgan fingerprint density at radius 1 is 0.788 bits per heavy atom. The van der Waals surface area contributed by atoms with Crippen molar-refractivity contribution in [2.75, 3.05) is 70.7 Å². The van der Waals surface area contributed by atoms with E-state index in [1.807, 2.05) is 34.9 Å². The van der Waals surface area contributed by atoms with Crippen LogP contribution in [-0.4, -0.2) is 86.1 Å². The van der Waals surface area contributed by atoms with E-state index in [9.17, 15) is 4.79 Å². The van der Waals surface area contributed by atoms with Crippen molar-refractivity contribution in [1.29, 1.82) is 0 Å². The van der Waals surface area contributed by atoms with Gasteiger partial charge in [-0.2, -0.15) is 4.98 Å². The van der Waals surface area contributed by atoms with Crippen LogP contribution in [0.3, 0.4) is 0 Å². The summed E-state index contributed by atoms with van der Waals surface area (Å²) in [6.07, 6.45) is 5.31. The van der Waals surface area contributed by atoms with Gasteiger partial charge in [0.15, 0.2) is 0 Å². The maximum atomic E-state index is 12.5. The minimum atomic E-state index is 0.0836. The third-order valence-electron chi connectivity index (χ3n) is 9.50. The number of piperidine rings is 1. The van der Waals surface area contributed by atoms with Crippen LogP contribution in [0.2, 0.25) is 0 Å². The van der Waals surface area contributed by atoms with Crippen LogP contribution in [0.15, 0.2) is 95.5 Å². The minimum Gasteiger partial charge on any atom is -0.461 e. The Morgan fingerprint density at radius 3 is 2.37 bits per heavy atom. The van der Waals surface area contributed by atoms with E-state index in [0.717, 1.165) is 79.0 Å². The van der Waals surface area contributed by atoms with Crippen molar-refractivity contribution < 1.29 is 23.4 Å². The molecule has 3 aromatic heterocycles. The molecule has 4 heterocycles. The fourth-order valence-electron chi connectivity index (χ4n) is 6.72. The van der Waals surface area contributed by atoms with E-state index < -0.39 is 0 Å². The molecule has 0 radical (unpaired) electrons. The Bertz CT molecular complexity index is 2020. The molecule has 1 aliphatic heterocycles. The number of aromatic nitrogens is 3. The van der Waals surface area contributed by atoms with Crippen LogP contribution >= 0.6 is 0 Å². The van der Waals surface area contributed by atoms with Gasteiger partial charge in [-0.05, 0) is 60.2 Å². The normalized spacial score (nSPS) is 13.8. The molecule has 0 saturated carbocycles. The number of fused-ring (bicyclic) bond motifs is 4. The van der Waals surface area contributed by atoms with E-state index in [2.05, 4.69) is 81.2 Å². The predicted octanol–water partition coefficient (Wildman–Crippen LogP) is 5.78. The molecule has 1 amide bonds. The summed E-state index contributed by atoms with van der Waals surface area (Å²) >= 11 is 0. The topological polar surface area (TPSA) is 115 Å². The summed E-state index contributed by atoms with van der Waals surface area (Å²) in [5.74, 6) is 3.09. The van der Waals surface area contributed by atoms with Crippen molar-refractivity contribution in [3.63, 3.8) is 0 Å². The Balaban J connectivity index is 0.669. The number of furan rings is 1. The number of hydrogen-bond donors (Lipinski definition) is 2. The summed E-state index contributed by atoms with van der Waals surface area (Å²) < 4.78 is 25.0. The molecule has 11 nitrogen and oxygen atoms in total. The molecule has 272 valence electrons. The van der Waals surface area contributed by atoms with Crippen LogP contribution < -0.4 is 15.5 Å². The minimum absolute atomic E-state index is 0.0836. The standard InChI is InChI=1S/C41H48N6O5/c48-40(28-32-12-17-46(18-13-32)39-14-19-47-37-9-5-4-8-36(37)44-41(47)45-39)43-16-21-50-23-25-51-24-22-49-20-15-42-30-33-10-11-34-29-35(52-38(34)27-33)26-31-6-2-1-3-7-31/h1-11,14,19,27,29,32,42H,12-13,15-18,20-26,28,30H2,(H,43,48). The number of nitrogens with zero attached hydrogens (tertiary/aromatic N) is 4. The van der Waals surface area contributed by atoms with Crippen molar-refractivity contribution in [2.24, 2.45) is 5.92 Å². The zero-order valence-corrected chi connectivity index (χ0v) is 29.7. The van der Waals surface area contributed by atoms with Gasteiger partial charge in [0, 0.05) is 57.1 Å². The van der Waals surface area contributed by atoms with E-state index in [0.29, 0.717) is 64.3 Å². The first kappa shape index (κ1) is 35.6. The van der Waals surface area contributed by atoms with Crippen molar-refractivity contribution in [1.82, 2.24) is 25.0 Å². The molecule has 0 unspecified atom stereocenters. The van der Waals surface area contributed by atoms with E-state index in [-0.39, 0.29) is 5.91 Å². The van der Waals surface area contributed by atoms with Crippen LogP contribution in [0.25, 0.3) is 27.8 Å². The summed E-state index contributed by atoms with van der Waals surface area (Å²) in [5, 5.41) is 7.55. The third-order valence-corrected chi connectivity index (χ3v) is 9.50. The van der Waals surface area contributed by atoms with Gasteiger partial charge >= 0.3 is 0 Å². The molecule has 2 N–H and O–H groups in total. The molecule has 1 fully saturated rings. The van der Waals surface area contributed by atoms with E-state index >= 15 is 0 Å². The van der Waals surface area contributed by atoms with Crippen molar-refractivity contribution in [3.05, 3.63) is 108 Å². The first-order valence-corrected chi connectivity index (χ1v) is 18.4. The molecule has 0 atom stereocenters. The second-order valence-corrected chi connectivity index (χ2v) is 13.3. The molecule has 52 heavy (non-hydrogen) atoms. The third kappa shape index (κ3) is 9.74. The second kappa shape index (κ2) is 18.1. The lowest BCUT2D eigenvalue weighted by molar-refractivity contribution is -0.122. The fourth-order valence-corrected chi connectivity index (χ4v) is 6.72. The number of hydrogen-bond acceptors (Lipinski definition) is 9. The maximum Gasteiger partial charge on any atom is 0.236 e. The van der Waals surface area contributed by atoms with Gasteiger partial charge in [0.25, 0.3) is 0 Å². The molecule has 0 bridgehead atoms. The highest BCUT2D eigenvalue weighted by Crippen LogP contribution is 2.26. The smallest absolute Gasteiger partial charge is 0.236 e. The molecule has 6 aromatic rings. The fraction of sp³-hybridized carbons (Fsp3) is 0.390. The SMILES string of the molecule is O=C(CC1CCN(c2ccn3c(n2)nc2ccccc23)CC1)NCCOCCOCCOCCNCc1ccc2cc(Cc3ccccc3)oc2c1. The Morgan fingerprint density at radius 2 is 1.54 bits per heavy atom. The lowest BCUT2D eigenvalue weighted by Gasteiger charge is -2.32. The van der Waals surface area contributed by atoms with Crippen molar-refractivity contribution >= 4 is 39.5 Å². The van der Waals surface area contributed by atoms with E-state index in [1.165, 1.54) is 11.1 Å². The number of nitrogens with one attached hydrogen (secondary N) is 2. The van der Waals surface area contributed by atoms with Gasteiger partial charge < -0.3 is 34.2 Å². The number of ether oxygens (including phenoxy) is 3. The monoisotopic (exact) mass is 704 g/mol. The number of carbonyl (C=O) groups is 1. The van der Waals surface area contributed by atoms with Crippen LogP contribution in [0.1, 0.15) is 36.1 Å². The van der Waals surface area contributed by atoms with Gasteiger partial charge in [0.05, 0.1) is 50.7 Å². The van der Waals surface area contributed by atoms with Gasteiger partial charge in [0.1, 0.15) is 17.2 Å². The van der Waals surface area contributed by atoms with Crippen molar-refractivity contribution in [2.45, 2.75) is 32.2 Å². The number of benzene rings is 3. The van der Waals surface area contributed by atoms with Gasteiger partial charge in [-0.3, -0.25) is 9.20 Å². The van der Waals surface area contributed by atoms with Crippen molar-refractivity contribution in [3.8, 4) is 0 Å². The number of rotatable bonds is 19. The highest BCUT2D eigenvalue weighted by molar-refractivity contribution is 5.80. The van der Waals surface area contributed by atoms with E-state index in [1.54, 1.807) is 0 Å². The first-order valence-electron chi connectivity index (χ1n) is 18.4. The Labute approximate surface area is 304 Å². The molecule has 0 aliphatic carbocycles. The number of carbonyl (C=O) groups excluding carboxylic acids is 1. The van der Waals surface area contributed by atoms with Crippen LogP contribution in [0, 0.1) is 5.92 Å². The number of amides is 1. The largest absolute Gasteiger partial charge is 0.461 e. The molecule has 1 aliphatic rings. The average molecular weight is 705 g/mol. The zero-order chi connectivity index (χ0) is 35.4. The molecular formula is C41H48N6O5. The van der Waals surface area contributed by atoms with Crippen LogP contribution in [0.5, 0.6) is 0 Å². The summed E-state index contributed by atoms with van der Waals surface area (Å²) in [6.45, 7) is 6.88. The van der Waals surface area contributed by atoms with E-state index in [4.69, 9.17) is 23.6 Å². The summed E-state index contributed by atoms with van der Waals surface area (Å²) in [6, 6.07) is 29.0. The number of anilines is 1. The Kier molecular flexibility index (Phi) is 12.4. The highest BCUT2D eigenvalue weighted by atomic mass is 16.5. The summed E-state index contributed by atoms with van der Waals surface area (Å²) in [5.41, 5.74) is 5.35. The predicted molar refractivity (Wildman–Crippen MR) is 203 cm³/mol. The second-order valence-electron chi connectivity index (χ2n) is 13.3. The molecular weight excluding hydrogens is 656 g/mol. The van der Waals surface area contributed by atoms with Gasteiger partial charge in [-0.25, -0.2) is 4.98 Å². The quantitative estimate of drug-likeness (QED) is 0.101. The summed E-state index contributed by atoms with van der Waals surface area (Å²) in [4.78, 5) is 24.3. The van der Waals surface area contributed by atoms with Crippen LogP contribution in [-0.2, 0) is 32.0 Å². The van der Waals surface area contributed by atoms with Crippen LogP contribution in [0.4, 0.5) is 5.82 Å². The molecule has 11 heteroatoms. The lowest BCUT2D eigenvalue weighted by atomic mass is 9.93. The average Bonchev–Trinajstić information content (AvgIpc) is 3.75.